The van der Waals surface area contributed by atoms with E-state index in [1.807, 2.05) is 33.0 Å². The number of rotatable bonds is 7. The molecule has 0 spiro atoms. The molecule has 0 radical (unpaired) electrons. The third-order valence-corrected chi connectivity index (χ3v) is 6.44. The molecule has 10 heteroatoms. The van der Waals surface area contributed by atoms with Gasteiger partial charge >= 0.3 is 0 Å². The summed E-state index contributed by atoms with van der Waals surface area (Å²) in [6, 6.07) is 9.11. The van der Waals surface area contributed by atoms with Crippen LogP contribution in [0.2, 0.25) is 10.0 Å². The van der Waals surface area contributed by atoms with Gasteiger partial charge in [0.2, 0.25) is 5.91 Å². The zero-order valence-electron chi connectivity index (χ0n) is 16.5. The summed E-state index contributed by atoms with van der Waals surface area (Å²) in [4.78, 5) is 12.4. The highest BCUT2D eigenvalue weighted by atomic mass is 127. The van der Waals surface area contributed by atoms with E-state index in [-0.39, 0.29) is 18.3 Å². The van der Waals surface area contributed by atoms with Crippen molar-refractivity contribution in [1.29, 1.82) is 0 Å². The predicted octanol–water partition coefficient (Wildman–Crippen LogP) is 5.65. The molecule has 1 heterocycles. The van der Waals surface area contributed by atoms with Gasteiger partial charge in [0, 0.05) is 21.3 Å². The van der Waals surface area contributed by atoms with Gasteiger partial charge < -0.3 is 14.6 Å². The summed E-state index contributed by atoms with van der Waals surface area (Å²) >= 11 is 15.6. The van der Waals surface area contributed by atoms with Gasteiger partial charge in [0.25, 0.3) is 0 Å². The van der Waals surface area contributed by atoms with Crippen molar-refractivity contribution >= 4 is 69.1 Å². The fourth-order valence-corrected chi connectivity index (χ4v) is 4.87. The van der Waals surface area contributed by atoms with Gasteiger partial charge in [0.15, 0.2) is 11.0 Å². The molecule has 0 aliphatic carbocycles. The first-order valence-corrected chi connectivity index (χ1v) is 11.7. The molecule has 6 nitrogen and oxygen atoms in total. The van der Waals surface area contributed by atoms with Crippen LogP contribution in [0.15, 0.2) is 35.5 Å². The van der Waals surface area contributed by atoms with E-state index in [9.17, 15) is 4.79 Å². The summed E-state index contributed by atoms with van der Waals surface area (Å²) in [6.07, 6.45) is 0. The molecule has 1 aromatic heterocycles. The fourth-order valence-electron chi connectivity index (χ4n) is 2.74. The first kappa shape index (κ1) is 23.2. The standard InChI is InChI=1S/C20H19Cl2IN4O2S/c1-11-6-14(23)7-12(2)19(11)24-18(28)10-30-20-26-25-17(27(20)3)9-29-16-5-4-13(21)8-15(16)22/h4-8H,9-10H2,1-3H3,(H,24,28). The quantitative estimate of drug-likeness (QED) is 0.291. The van der Waals surface area contributed by atoms with E-state index in [4.69, 9.17) is 27.9 Å². The molecule has 0 bridgehead atoms. The maximum Gasteiger partial charge on any atom is 0.234 e. The number of amides is 1. The zero-order valence-corrected chi connectivity index (χ0v) is 21.0. The number of benzene rings is 2. The molecule has 0 fully saturated rings. The lowest BCUT2D eigenvalue weighted by atomic mass is 10.1. The Kier molecular flexibility index (Phi) is 7.89. The second-order valence-corrected chi connectivity index (χ2v) is 9.60. The number of thioether (sulfide) groups is 1. The highest BCUT2D eigenvalue weighted by Crippen LogP contribution is 2.28. The lowest BCUT2D eigenvalue weighted by Gasteiger charge is -2.12. The number of ether oxygens (including phenoxy) is 1. The number of nitrogens with one attached hydrogen (secondary N) is 1. The summed E-state index contributed by atoms with van der Waals surface area (Å²) in [5.74, 6) is 1.26. The number of nitrogens with zero attached hydrogens (tertiary/aromatic N) is 3. The minimum atomic E-state index is -0.0962. The van der Waals surface area contributed by atoms with Gasteiger partial charge in [0.1, 0.15) is 12.4 Å². The summed E-state index contributed by atoms with van der Waals surface area (Å²) in [6.45, 7) is 4.16. The number of hydrogen-bond donors (Lipinski definition) is 1. The molecule has 0 saturated heterocycles. The summed E-state index contributed by atoms with van der Waals surface area (Å²) in [5, 5.41) is 12.9. The van der Waals surface area contributed by atoms with Crippen molar-refractivity contribution in [1.82, 2.24) is 14.8 Å². The van der Waals surface area contributed by atoms with Crippen LogP contribution < -0.4 is 10.1 Å². The Morgan fingerprint density at radius 3 is 2.57 bits per heavy atom. The SMILES string of the molecule is Cc1cc(I)cc(C)c1NC(=O)CSc1nnc(COc2ccc(Cl)cc2Cl)n1C. The van der Waals surface area contributed by atoms with Crippen molar-refractivity contribution in [2.75, 3.05) is 11.1 Å². The fraction of sp³-hybridized carbons (Fsp3) is 0.250. The second kappa shape index (κ2) is 10.2. The van der Waals surface area contributed by atoms with Crippen LogP contribution in [0.1, 0.15) is 17.0 Å². The molecule has 30 heavy (non-hydrogen) atoms. The molecule has 2 aromatic carbocycles. The van der Waals surface area contributed by atoms with Crippen LogP contribution in [0.3, 0.4) is 0 Å². The lowest BCUT2D eigenvalue weighted by Crippen LogP contribution is -2.16. The molecular formula is C20H19Cl2IN4O2S. The van der Waals surface area contributed by atoms with Crippen molar-refractivity contribution in [2.45, 2.75) is 25.6 Å². The number of aromatic nitrogens is 3. The molecule has 0 unspecified atom stereocenters. The van der Waals surface area contributed by atoms with Gasteiger partial charge in [-0.3, -0.25) is 4.79 Å². The van der Waals surface area contributed by atoms with Crippen LogP contribution in [0.4, 0.5) is 5.69 Å². The van der Waals surface area contributed by atoms with E-state index in [2.05, 4.69) is 38.1 Å². The highest BCUT2D eigenvalue weighted by molar-refractivity contribution is 14.1. The molecule has 0 saturated carbocycles. The van der Waals surface area contributed by atoms with Crippen molar-refractivity contribution < 1.29 is 9.53 Å². The van der Waals surface area contributed by atoms with Gasteiger partial charge in [0.05, 0.1) is 10.8 Å². The van der Waals surface area contributed by atoms with Crippen LogP contribution >= 0.6 is 57.6 Å². The monoisotopic (exact) mass is 576 g/mol. The Morgan fingerprint density at radius 2 is 1.90 bits per heavy atom. The van der Waals surface area contributed by atoms with Gasteiger partial charge in [-0.05, 0) is 77.9 Å². The Hall–Kier alpha value is -1.49. The molecule has 0 aliphatic rings. The molecule has 0 aliphatic heterocycles. The summed E-state index contributed by atoms with van der Waals surface area (Å²) in [5.41, 5.74) is 2.93. The van der Waals surface area contributed by atoms with Gasteiger partial charge in [-0.2, -0.15) is 0 Å². The van der Waals surface area contributed by atoms with Gasteiger partial charge in [-0.15, -0.1) is 10.2 Å². The van der Waals surface area contributed by atoms with Crippen LogP contribution in [0.25, 0.3) is 0 Å². The van der Waals surface area contributed by atoms with E-state index in [1.165, 1.54) is 11.8 Å². The van der Waals surface area contributed by atoms with Crippen LogP contribution in [-0.2, 0) is 18.4 Å². The minimum absolute atomic E-state index is 0.0962. The van der Waals surface area contributed by atoms with E-state index < -0.39 is 0 Å². The van der Waals surface area contributed by atoms with Gasteiger partial charge in [-0.25, -0.2) is 0 Å². The first-order valence-electron chi connectivity index (χ1n) is 8.90. The van der Waals surface area contributed by atoms with Gasteiger partial charge in [-0.1, -0.05) is 35.0 Å². The molecular weight excluding hydrogens is 558 g/mol. The highest BCUT2D eigenvalue weighted by Gasteiger charge is 2.14. The normalized spacial score (nSPS) is 10.9. The number of halogens is 3. The summed E-state index contributed by atoms with van der Waals surface area (Å²) < 4.78 is 8.65. The molecule has 3 aromatic rings. The molecule has 1 amide bonds. The second-order valence-electron chi connectivity index (χ2n) is 6.57. The Balaban J connectivity index is 1.58. The predicted molar refractivity (Wildman–Crippen MR) is 130 cm³/mol. The third-order valence-electron chi connectivity index (χ3n) is 4.27. The van der Waals surface area contributed by atoms with Crippen LogP contribution in [0, 0.1) is 17.4 Å². The maximum atomic E-state index is 12.4. The summed E-state index contributed by atoms with van der Waals surface area (Å²) in [7, 11) is 1.83. The topological polar surface area (TPSA) is 69.0 Å². The minimum Gasteiger partial charge on any atom is -0.484 e. The van der Waals surface area contributed by atoms with Crippen molar-refractivity contribution in [3.05, 3.63) is 60.9 Å². The number of anilines is 1. The molecule has 3 rings (SSSR count). The smallest absolute Gasteiger partial charge is 0.234 e. The third kappa shape index (κ3) is 5.81. The molecule has 158 valence electrons. The Bertz CT molecular complexity index is 1070. The van der Waals surface area contributed by atoms with E-state index >= 15 is 0 Å². The maximum absolute atomic E-state index is 12.4. The molecule has 1 N–H and O–H groups in total. The van der Waals surface area contributed by atoms with Crippen molar-refractivity contribution in [2.24, 2.45) is 7.05 Å². The number of aryl methyl sites for hydroxylation is 2. The van der Waals surface area contributed by atoms with Crippen molar-refractivity contribution in [3.8, 4) is 5.75 Å². The number of carbonyl (C=O) groups is 1. The lowest BCUT2D eigenvalue weighted by molar-refractivity contribution is -0.113. The Labute approximate surface area is 202 Å². The first-order chi connectivity index (χ1) is 14.2. The van der Waals surface area contributed by atoms with E-state index in [0.717, 1.165) is 20.4 Å². The zero-order chi connectivity index (χ0) is 21.8. The number of hydrogen-bond acceptors (Lipinski definition) is 5. The van der Waals surface area contributed by atoms with E-state index in [1.54, 1.807) is 22.8 Å². The van der Waals surface area contributed by atoms with Crippen LogP contribution in [-0.4, -0.2) is 26.4 Å². The molecule has 0 atom stereocenters. The largest absolute Gasteiger partial charge is 0.484 e. The average molecular weight is 577 g/mol. The number of carbonyl (C=O) groups excluding carboxylic acids is 1. The Morgan fingerprint density at radius 1 is 1.20 bits per heavy atom. The average Bonchev–Trinajstić information content (AvgIpc) is 3.02. The van der Waals surface area contributed by atoms with Crippen LogP contribution in [0.5, 0.6) is 5.75 Å². The van der Waals surface area contributed by atoms with E-state index in [0.29, 0.717) is 26.8 Å². The van der Waals surface area contributed by atoms with Crippen molar-refractivity contribution in [3.63, 3.8) is 0 Å².